The molecule has 8 heteroatoms. The van der Waals surface area contributed by atoms with Gasteiger partial charge in [0.2, 0.25) is 0 Å². The normalized spacial score (nSPS) is 16.9. The fourth-order valence-corrected chi connectivity index (χ4v) is 11.9. The van der Waals surface area contributed by atoms with E-state index in [1.54, 1.807) is 0 Å². The van der Waals surface area contributed by atoms with Gasteiger partial charge in [-0.3, -0.25) is 0 Å². The van der Waals surface area contributed by atoms with Gasteiger partial charge in [0.05, 0.1) is 0 Å². The highest BCUT2D eigenvalue weighted by atomic mass is 31.1. The van der Waals surface area contributed by atoms with Crippen molar-refractivity contribution in [2.45, 2.75) is 44.3 Å². The van der Waals surface area contributed by atoms with E-state index in [1.165, 1.54) is 48.5 Å². The Balaban J connectivity index is 1.23. The second-order valence-electron chi connectivity index (χ2n) is 12.9. The van der Waals surface area contributed by atoms with Crippen LogP contribution in [0.2, 0.25) is 0 Å². The molecule has 0 aromatic heterocycles. The number of halogens is 4. The summed E-state index contributed by atoms with van der Waals surface area (Å²) < 4.78 is 70.8. The molecule has 2 heterocycles. The van der Waals surface area contributed by atoms with E-state index in [0.717, 1.165) is 73.7 Å². The van der Waals surface area contributed by atoms with Crippen LogP contribution < -0.4 is 41.3 Å². The lowest BCUT2D eigenvalue weighted by Crippen LogP contribution is -2.30. The predicted octanol–water partition coefficient (Wildman–Crippen LogP) is 8.24. The van der Waals surface area contributed by atoms with Crippen LogP contribution in [-0.2, 0) is 12.8 Å². The SMILES string of the molecule is Fc1ccc(P(c2ccc(F)cc2)c2cccc3c2OC2CCC[C@H](C3)Oc3c(cccc3P(c3ccc(F)cc3)c3ccc(F)cc3)C2)cc1. The maximum absolute atomic E-state index is 14.1. The van der Waals surface area contributed by atoms with Crippen LogP contribution in [0.25, 0.3) is 0 Å². The van der Waals surface area contributed by atoms with Crippen molar-refractivity contribution in [3.8, 4) is 11.5 Å². The molecule has 2 atom stereocenters. The fraction of sp³-hybridized carbons (Fsp3) is 0.163. The zero-order valence-electron chi connectivity index (χ0n) is 27.6. The summed E-state index contributed by atoms with van der Waals surface area (Å²) in [6.45, 7) is 0. The van der Waals surface area contributed by atoms with Crippen LogP contribution in [0.15, 0.2) is 133 Å². The molecule has 0 spiro atoms. The lowest BCUT2D eigenvalue weighted by Gasteiger charge is -2.30. The van der Waals surface area contributed by atoms with Gasteiger partial charge in [-0.25, -0.2) is 17.6 Å². The third kappa shape index (κ3) is 7.18. The first kappa shape index (κ1) is 33.6. The molecule has 6 aromatic carbocycles. The first-order chi connectivity index (χ1) is 24.9. The van der Waals surface area contributed by atoms with Crippen LogP contribution >= 0.6 is 15.8 Å². The minimum absolute atomic E-state index is 0.166. The lowest BCUT2D eigenvalue weighted by atomic mass is 10.0. The molecular weight excluding hydrogens is 686 g/mol. The Bertz CT molecular complexity index is 1890. The van der Waals surface area contributed by atoms with Crippen molar-refractivity contribution in [1.82, 2.24) is 0 Å². The predicted molar refractivity (Wildman–Crippen MR) is 200 cm³/mol. The molecule has 0 N–H and O–H groups in total. The van der Waals surface area contributed by atoms with Gasteiger partial charge in [0.25, 0.3) is 0 Å². The summed E-state index contributed by atoms with van der Waals surface area (Å²) in [6, 6.07) is 38.7. The molecule has 1 unspecified atom stereocenters. The Kier molecular flexibility index (Phi) is 9.64. The van der Waals surface area contributed by atoms with Crippen molar-refractivity contribution in [3.63, 3.8) is 0 Å². The number of para-hydroxylation sites is 2. The minimum atomic E-state index is -1.21. The number of rotatable bonds is 6. The summed E-state index contributed by atoms with van der Waals surface area (Å²) in [7, 11) is -2.42. The summed E-state index contributed by atoms with van der Waals surface area (Å²) in [4.78, 5) is 0. The Labute approximate surface area is 297 Å². The second kappa shape index (κ2) is 14.6. The van der Waals surface area contributed by atoms with Crippen molar-refractivity contribution >= 4 is 47.7 Å². The highest BCUT2D eigenvalue weighted by Gasteiger charge is 2.32. The summed E-state index contributed by atoms with van der Waals surface area (Å²) in [5.41, 5.74) is 2.06. The van der Waals surface area contributed by atoms with Crippen LogP contribution in [0.1, 0.15) is 30.4 Å². The fourth-order valence-electron chi connectivity index (χ4n) is 7.11. The maximum Gasteiger partial charge on any atom is 0.131 e. The zero-order valence-corrected chi connectivity index (χ0v) is 29.4. The first-order valence-electron chi connectivity index (χ1n) is 17.1. The zero-order chi connectivity index (χ0) is 34.9. The van der Waals surface area contributed by atoms with E-state index in [9.17, 15) is 17.6 Å². The topological polar surface area (TPSA) is 18.5 Å². The van der Waals surface area contributed by atoms with Gasteiger partial charge in [-0.15, -0.1) is 0 Å². The molecule has 6 aromatic rings. The molecule has 2 nitrogen and oxygen atoms in total. The van der Waals surface area contributed by atoms with Crippen LogP contribution in [0.3, 0.4) is 0 Å². The number of benzene rings is 6. The molecule has 0 amide bonds. The second-order valence-corrected chi connectivity index (χ2v) is 17.3. The first-order valence-corrected chi connectivity index (χ1v) is 19.8. The largest absolute Gasteiger partial charge is 0.489 e. The van der Waals surface area contributed by atoms with Crippen molar-refractivity contribution in [2.75, 3.05) is 0 Å². The average Bonchev–Trinajstić information content (AvgIpc) is 3.28. The van der Waals surface area contributed by atoms with Gasteiger partial charge < -0.3 is 9.47 Å². The Morgan fingerprint density at radius 2 is 0.725 bits per heavy atom. The highest BCUT2D eigenvalue weighted by molar-refractivity contribution is 7.80. The van der Waals surface area contributed by atoms with E-state index in [4.69, 9.17) is 9.47 Å². The van der Waals surface area contributed by atoms with E-state index >= 15 is 0 Å². The number of hydrogen-bond donors (Lipinski definition) is 0. The monoisotopic (exact) mass is 720 g/mol. The van der Waals surface area contributed by atoms with Crippen molar-refractivity contribution in [3.05, 3.63) is 168 Å². The lowest BCUT2D eigenvalue weighted by molar-refractivity contribution is 0.189. The number of ether oxygens (including phenoxy) is 2. The third-order valence-electron chi connectivity index (χ3n) is 9.49. The average molecular weight is 721 g/mol. The molecule has 51 heavy (non-hydrogen) atoms. The van der Waals surface area contributed by atoms with E-state index in [-0.39, 0.29) is 35.5 Å². The highest BCUT2D eigenvalue weighted by Crippen LogP contribution is 2.43. The van der Waals surface area contributed by atoms with Crippen molar-refractivity contribution < 1.29 is 27.0 Å². The molecule has 2 aliphatic rings. The van der Waals surface area contributed by atoms with Gasteiger partial charge in [-0.1, -0.05) is 84.9 Å². The summed E-state index contributed by atoms with van der Waals surface area (Å²) >= 11 is 0. The van der Waals surface area contributed by atoms with Gasteiger partial charge in [-0.2, -0.15) is 0 Å². The van der Waals surface area contributed by atoms with E-state index in [0.29, 0.717) is 12.8 Å². The van der Waals surface area contributed by atoms with Gasteiger partial charge in [0, 0.05) is 23.5 Å². The number of hydrogen-bond acceptors (Lipinski definition) is 2. The maximum atomic E-state index is 14.1. The van der Waals surface area contributed by atoms with Gasteiger partial charge in [-0.05, 0) is 116 Å². The molecule has 0 fully saturated rings. The molecule has 256 valence electrons. The van der Waals surface area contributed by atoms with Gasteiger partial charge in [0.1, 0.15) is 47.0 Å². The molecular formula is C43H34F4O2P2. The molecule has 0 aliphatic carbocycles. The summed E-state index contributed by atoms with van der Waals surface area (Å²) in [6.07, 6.45) is 3.44. The van der Waals surface area contributed by atoms with E-state index in [1.807, 2.05) is 60.7 Å². The smallest absolute Gasteiger partial charge is 0.131 e. The molecule has 0 radical (unpaired) electrons. The molecule has 0 saturated heterocycles. The van der Waals surface area contributed by atoms with Crippen LogP contribution in [0.4, 0.5) is 17.6 Å². The number of fused-ring (bicyclic) bond motifs is 6. The molecule has 0 saturated carbocycles. The Morgan fingerprint density at radius 1 is 0.412 bits per heavy atom. The Hall–Kier alpha value is -4.50. The summed E-state index contributed by atoms with van der Waals surface area (Å²) in [5.74, 6) is 0.381. The third-order valence-corrected chi connectivity index (χ3v) is 14.4. The summed E-state index contributed by atoms with van der Waals surface area (Å²) in [5, 5.41) is 5.76. The van der Waals surface area contributed by atoms with Crippen molar-refractivity contribution in [2.24, 2.45) is 0 Å². The molecule has 2 aliphatic heterocycles. The van der Waals surface area contributed by atoms with Crippen LogP contribution in [-0.4, -0.2) is 12.2 Å². The van der Waals surface area contributed by atoms with Gasteiger partial charge in [0.15, 0.2) is 0 Å². The molecule has 8 rings (SSSR count). The van der Waals surface area contributed by atoms with Crippen LogP contribution in [0, 0.1) is 23.3 Å². The van der Waals surface area contributed by atoms with Gasteiger partial charge >= 0.3 is 0 Å². The standard InChI is InChI=1S/C43H34F4O2P2/c44-30-10-18-36(19-11-30)50(37-20-12-31(45)13-21-37)40-8-1-4-28-26-34-6-3-7-35(48-42(28)40)27-29-5-2-9-41(43(29)49-34)51(38-22-14-32(46)15-23-38)39-24-16-33(47)17-25-39/h1-2,4-5,8-25,34-35H,3,6-7,26-27H2/t34-,35?/m1/s1. The van der Waals surface area contributed by atoms with Crippen molar-refractivity contribution in [1.29, 1.82) is 0 Å². The minimum Gasteiger partial charge on any atom is -0.489 e. The Morgan fingerprint density at radius 3 is 1.04 bits per heavy atom. The molecule has 2 bridgehead atoms. The van der Waals surface area contributed by atoms with E-state index in [2.05, 4.69) is 24.3 Å². The van der Waals surface area contributed by atoms with Crippen LogP contribution in [0.5, 0.6) is 11.5 Å². The quantitative estimate of drug-likeness (QED) is 0.128. The van der Waals surface area contributed by atoms with E-state index < -0.39 is 15.8 Å².